The van der Waals surface area contributed by atoms with Crippen molar-refractivity contribution in [3.63, 3.8) is 0 Å². The number of rotatable bonds is 0. The first-order valence-corrected chi connectivity index (χ1v) is 2.16. The largest absolute Gasteiger partial charge is 0.0937 e. The summed E-state index contributed by atoms with van der Waals surface area (Å²) in [7, 11) is 0. The van der Waals surface area contributed by atoms with Crippen LogP contribution in [0.3, 0.4) is 0 Å². The maximum Gasteiger partial charge on any atom is 0.0318 e. The molecule has 0 radical (unpaired) electrons. The molecule has 28 valence electrons. The molecule has 0 atom stereocenters. The van der Waals surface area contributed by atoms with Crippen LogP contribution < -0.4 is 0 Å². The van der Waals surface area contributed by atoms with E-state index in [-0.39, 0.29) is 0 Å². The number of allylic oxidation sites excluding steroid dienone is 2. The number of hydrogen-bond acceptors (Lipinski definition) is 0. The zero-order valence-electron chi connectivity index (χ0n) is 3.41. The average Bonchev–Trinajstić information content (AvgIpc) is 2.17. The van der Waals surface area contributed by atoms with Crippen LogP contribution in [0.5, 0.6) is 0 Å². The molecule has 0 aromatic rings. The maximum absolute atomic E-state index is 3.02. The quantitative estimate of drug-likeness (QED) is 0.379. The van der Waals surface area contributed by atoms with Crippen molar-refractivity contribution in [3.8, 4) is 11.8 Å². The molecule has 6 heavy (non-hydrogen) atoms. The van der Waals surface area contributed by atoms with Crippen LogP contribution in [0.25, 0.3) is 0 Å². The van der Waals surface area contributed by atoms with E-state index in [1.165, 1.54) is 12.0 Å². The molecule has 0 N–H and O–H groups in total. The van der Waals surface area contributed by atoms with Gasteiger partial charge in [0.1, 0.15) is 0 Å². The minimum atomic E-state index is 1.08. The first kappa shape index (κ1) is 2.47. The van der Waals surface area contributed by atoms with Crippen LogP contribution in [0.4, 0.5) is 0 Å². The summed E-state index contributed by atoms with van der Waals surface area (Å²) in [4.78, 5) is 0. The Morgan fingerprint density at radius 2 is 2.50 bits per heavy atom. The topological polar surface area (TPSA) is 0 Å². The Bertz CT molecular complexity index is 174. The molecule has 0 bridgehead atoms. The molecule has 0 nitrogen and oxygen atoms in total. The lowest BCUT2D eigenvalue weighted by Gasteiger charge is -1.69. The standard InChI is InChI=1S/C6H4/c1-2-5-4-6(5)3-1/h2,4H2. The van der Waals surface area contributed by atoms with Gasteiger partial charge >= 0.3 is 0 Å². The van der Waals surface area contributed by atoms with Gasteiger partial charge in [-0.1, -0.05) is 11.8 Å². The van der Waals surface area contributed by atoms with E-state index < -0.39 is 0 Å². The maximum atomic E-state index is 3.02. The van der Waals surface area contributed by atoms with Crippen LogP contribution in [0, 0.1) is 11.8 Å². The Balaban J connectivity index is 2.58. The SMILES string of the molecule is C1#CC2=C(C1)C2. The lowest BCUT2D eigenvalue weighted by molar-refractivity contribution is 1.32. The summed E-state index contributed by atoms with van der Waals surface area (Å²) in [6.07, 6.45) is 2.32. The van der Waals surface area contributed by atoms with Crippen molar-refractivity contribution in [2.45, 2.75) is 12.8 Å². The van der Waals surface area contributed by atoms with Gasteiger partial charge in [-0.2, -0.15) is 0 Å². The van der Waals surface area contributed by atoms with E-state index in [4.69, 9.17) is 0 Å². The van der Waals surface area contributed by atoms with Crippen LogP contribution >= 0.6 is 0 Å². The summed E-state index contributed by atoms with van der Waals surface area (Å²) < 4.78 is 0. The fourth-order valence-electron chi connectivity index (χ4n) is 0.729. The van der Waals surface area contributed by atoms with E-state index in [0.717, 1.165) is 6.42 Å². The van der Waals surface area contributed by atoms with Crippen molar-refractivity contribution >= 4 is 0 Å². The Hall–Kier alpha value is -0.700. The monoisotopic (exact) mass is 76.0 g/mol. The van der Waals surface area contributed by atoms with Crippen molar-refractivity contribution in [3.05, 3.63) is 11.1 Å². The lowest BCUT2D eigenvalue weighted by atomic mass is 10.3. The zero-order chi connectivity index (χ0) is 3.98. The molecule has 0 unspecified atom stereocenters. The van der Waals surface area contributed by atoms with Crippen LogP contribution in [-0.2, 0) is 0 Å². The first-order valence-electron chi connectivity index (χ1n) is 2.16. The average molecular weight is 76.1 g/mol. The summed E-state index contributed by atoms with van der Waals surface area (Å²) in [5.74, 6) is 6.02. The molecule has 0 aromatic heterocycles. The van der Waals surface area contributed by atoms with Crippen LogP contribution in [0.15, 0.2) is 11.1 Å². The van der Waals surface area contributed by atoms with Gasteiger partial charge in [0, 0.05) is 18.4 Å². The van der Waals surface area contributed by atoms with Crippen molar-refractivity contribution in [1.29, 1.82) is 0 Å². The van der Waals surface area contributed by atoms with Gasteiger partial charge in [0.15, 0.2) is 0 Å². The Labute approximate surface area is 36.9 Å². The molecular weight excluding hydrogens is 72.1 g/mol. The highest BCUT2D eigenvalue weighted by Crippen LogP contribution is 2.35. The summed E-state index contributed by atoms with van der Waals surface area (Å²) in [6.45, 7) is 0. The summed E-state index contributed by atoms with van der Waals surface area (Å²) in [5, 5.41) is 0. The second kappa shape index (κ2) is 0.541. The minimum absolute atomic E-state index is 1.08. The second-order valence-corrected chi connectivity index (χ2v) is 1.74. The molecule has 0 spiro atoms. The van der Waals surface area contributed by atoms with Gasteiger partial charge in [0.25, 0.3) is 0 Å². The highest BCUT2D eigenvalue weighted by Gasteiger charge is 2.20. The summed E-state index contributed by atoms with van der Waals surface area (Å²) in [6, 6.07) is 0. The fourth-order valence-corrected chi connectivity index (χ4v) is 0.729. The van der Waals surface area contributed by atoms with Crippen molar-refractivity contribution in [2.24, 2.45) is 0 Å². The van der Waals surface area contributed by atoms with Gasteiger partial charge in [-0.25, -0.2) is 0 Å². The highest BCUT2D eigenvalue weighted by atomic mass is 14.2. The van der Waals surface area contributed by atoms with Gasteiger partial charge in [0.2, 0.25) is 0 Å². The molecule has 2 aliphatic carbocycles. The van der Waals surface area contributed by atoms with Gasteiger partial charge in [-0.15, -0.1) is 0 Å². The van der Waals surface area contributed by atoms with Crippen LogP contribution in [-0.4, -0.2) is 0 Å². The molecule has 0 amide bonds. The van der Waals surface area contributed by atoms with Gasteiger partial charge in [0.05, 0.1) is 0 Å². The Morgan fingerprint density at radius 1 is 1.50 bits per heavy atom. The van der Waals surface area contributed by atoms with Gasteiger partial charge in [-0.05, 0) is 5.57 Å². The zero-order valence-corrected chi connectivity index (χ0v) is 3.41. The predicted octanol–water partition coefficient (Wildman–Crippen LogP) is 1.09. The lowest BCUT2D eigenvalue weighted by Crippen LogP contribution is -1.56. The molecule has 0 saturated heterocycles. The number of hydrogen-bond donors (Lipinski definition) is 0. The van der Waals surface area contributed by atoms with E-state index in [9.17, 15) is 0 Å². The van der Waals surface area contributed by atoms with Crippen molar-refractivity contribution < 1.29 is 0 Å². The third-order valence-electron chi connectivity index (χ3n) is 1.23. The van der Waals surface area contributed by atoms with Gasteiger partial charge < -0.3 is 0 Å². The molecule has 0 heterocycles. The molecule has 0 aliphatic heterocycles. The molecule has 0 heteroatoms. The molecule has 0 fully saturated rings. The van der Waals surface area contributed by atoms with Crippen LogP contribution in [0.2, 0.25) is 0 Å². The molecule has 0 saturated carbocycles. The van der Waals surface area contributed by atoms with E-state index in [2.05, 4.69) is 11.8 Å². The van der Waals surface area contributed by atoms with Gasteiger partial charge in [-0.3, -0.25) is 0 Å². The third-order valence-corrected chi connectivity index (χ3v) is 1.23. The van der Waals surface area contributed by atoms with E-state index in [0.29, 0.717) is 0 Å². The van der Waals surface area contributed by atoms with E-state index in [1.54, 1.807) is 5.57 Å². The van der Waals surface area contributed by atoms with E-state index >= 15 is 0 Å². The first-order chi connectivity index (χ1) is 2.97. The predicted molar refractivity (Wildman–Crippen MR) is 24.0 cm³/mol. The third kappa shape index (κ3) is 0.137. The van der Waals surface area contributed by atoms with Crippen molar-refractivity contribution in [1.82, 2.24) is 0 Å². The Kier molecular flexibility index (Phi) is 0.223. The smallest absolute Gasteiger partial charge is 0.0318 e. The highest BCUT2D eigenvalue weighted by molar-refractivity contribution is 5.55. The second-order valence-electron chi connectivity index (χ2n) is 1.74. The molecule has 0 aromatic carbocycles. The van der Waals surface area contributed by atoms with Crippen molar-refractivity contribution in [2.75, 3.05) is 0 Å². The minimum Gasteiger partial charge on any atom is -0.0937 e. The molecule has 2 rings (SSSR count). The summed E-state index contributed by atoms with van der Waals surface area (Å²) >= 11 is 0. The van der Waals surface area contributed by atoms with E-state index in [1.807, 2.05) is 0 Å². The van der Waals surface area contributed by atoms with Crippen LogP contribution in [0.1, 0.15) is 12.8 Å². The Morgan fingerprint density at radius 3 is 2.67 bits per heavy atom. The molecule has 2 aliphatic rings. The fraction of sp³-hybridized carbons (Fsp3) is 0.333. The summed E-state index contributed by atoms with van der Waals surface area (Å²) in [5.41, 5.74) is 2.99. The normalized spacial score (nSPS) is 22.7. The molecular formula is C6H4.